The Hall–Kier alpha value is -0.125. The van der Waals surface area contributed by atoms with Gasteiger partial charge in [0, 0.05) is 18.1 Å². The summed E-state index contributed by atoms with van der Waals surface area (Å²) in [6.07, 6.45) is 3.03. The number of nitrogens with one attached hydrogen (secondary N) is 1. The van der Waals surface area contributed by atoms with Gasteiger partial charge in [0.1, 0.15) is 6.17 Å². The topological polar surface area (TPSA) is 35.5 Å². The number of hydrogen-bond donors (Lipinski definition) is 2. The Bertz CT molecular complexity index is 229. The third-order valence-corrected chi connectivity index (χ3v) is 3.92. The molecule has 0 amide bonds. The van der Waals surface area contributed by atoms with E-state index in [2.05, 4.69) is 5.32 Å². The van der Waals surface area contributed by atoms with E-state index in [1.54, 1.807) is 6.82 Å². The van der Waals surface area contributed by atoms with E-state index < -0.39 is 13.2 Å². The van der Waals surface area contributed by atoms with E-state index in [1.807, 2.05) is 11.9 Å². The lowest BCUT2D eigenvalue weighted by atomic mass is 9.70. The smallest absolute Gasteiger partial charge is 0.376 e. The van der Waals surface area contributed by atoms with Gasteiger partial charge in [-0.15, -0.1) is 0 Å². The molecule has 2 aliphatic rings. The molecule has 86 valence electrons. The zero-order chi connectivity index (χ0) is 11.0. The van der Waals surface area contributed by atoms with Crippen LogP contribution in [0.1, 0.15) is 25.7 Å². The van der Waals surface area contributed by atoms with E-state index in [4.69, 9.17) is 0 Å². The number of alkyl halides is 1. The molecule has 0 spiro atoms. The number of rotatable bonds is 2. The van der Waals surface area contributed by atoms with Crippen LogP contribution >= 0.6 is 0 Å². The quantitative estimate of drug-likeness (QED) is 0.662. The van der Waals surface area contributed by atoms with Crippen molar-refractivity contribution in [3.05, 3.63) is 0 Å². The summed E-state index contributed by atoms with van der Waals surface area (Å²) in [6, 6.07) is 0.235. The second-order valence-corrected chi connectivity index (χ2v) is 4.81. The SMILES string of the molecule is CN[C@H]1CC2CCCC([C@H]1F)N2B(C)O. The lowest BCUT2D eigenvalue weighted by Crippen LogP contribution is -2.65. The fraction of sp³-hybridized carbons (Fsp3) is 1.00. The molecule has 2 bridgehead atoms. The maximum Gasteiger partial charge on any atom is 0.376 e. The van der Waals surface area contributed by atoms with Gasteiger partial charge in [-0.3, -0.25) is 0 Å². The highest BCUT2D eigenvalue weighted by molar-refractivity contribution is 6.45. The molecule has 2 heterocycles. The van der Waals surface area contributed by atoms with Gasteiger partial charge in [-0.1, -0.05) is 6.42 Å². The third kappa shape index (κ3) is 1.93. The first-order valence-electron chi connectivity index (χ1n) is 5.92. The van der Waals surface area contributed by atoms with E-state index in [0.717, 1.165) is 25.7 Å². The maximum absolute atomic E-state index is 14.1. The molecule has 2 rings (SSSR count). The molecular weight excluding hydrogens is 194 g/mol. The average Bonchev–Trinajstić information content (AvgIpc) is 2.22. The minimum Gasteiger partial charge on any atom is -0.437 e. The molecule has 0 saturated carbocycles. The molecule has 0 aliphatic carbocycles. The molecule has 15 heavy (non-hydrogen) atoms. The summed E-state index contributed by atoms with van der Waals surface area (Å²) in [6.45, 7) is 1.75. The fourth-order valence-corrected chi connectivity index (χ4v) is 3.25. The van der Waals surface area contributed by atoms with Crippen molar-refractivity contribution < 1.29 is 9.41 Å². The van der Waals surface area contributed by atoms with E-state index >= 15 is 0 Å². The van der Waals surface area contributed by atoms with Crippen molar-refractivity contribution in [2.75, 3.05) is 7.05 Å². The van der Waals surface area contributed by atoms with Gasteiger partial charge < -0.3 is 15.2 Å². The largest absolute Gasteiger partial charge is 0.437 e. The molecule has 3 nitrogen and oxygen atoms in total. The van der Waals surface area contributed by atoms with Gasteiger partial charge in [-0.2, -0.15) is 0 Å². The second-order valence-electron chi connectivity index (χ2n) is 4.81. The number of nitrogens with zero attached hydrogens (tertiary/aromatic N) is 1. The van der Waals surface area contributed by atoms with Crippen molar-refractivity contribution in [1.29, 1.82) is 0 Å². The summed E-state index contributed by atoms with van der Waals surface area (Å²) in [7, 11) is 1.31. The zero-order valence-corrected chi connectivity index (χ0v) is 9.49. The van der Waals surface area contributed by atoms with Gasteiger partial charge >= 0.3 is 7.05 Å². The van der Waals surface area contributed by atoms with Gasteiger partial charge in [-0.05, 0) is 33.1 Å². The third-order valence-electron chi connectivity index (χ3n) is 3.92. The predicted molar refractivity (Wildman–Crippen MR) is 59.5 cm³/mol. The Morgan fingerprint density at radius 2 is 2.20 bits per heavy atom. The minimum absolute atomic E-state index is 0.0321. The Morgan fingerprint density at radius 1 is 1.47 bits per heavy atom. The Balaban J connectivity index is 2.16. The lowest BCUT2D eigenvalue weighted by Gasteiger charge is -2.51. The fourth-order valence-electron chi connectivity index (χ4n) is 3.25. The molecule has 2 fully saturated rings. The van der Waals surface area contributed by atoms with E-state index in [9.17, 15) is 9.41 Å². The summed E-state index contributed by atoms with van der Waals surface area (Å²) >= 11 is 0. The average molecular weight is 214 g/mol. The molecule has 2 N–H and O–H groups in total. The molecule has 0 radical (unpaired) electrons. The van der Waals surface area contributed by atoms with E-state index in [0.29, 0.717) is 6.04 Å². The van der Waals surface area contributed by atoms with Crippen LogP contribution in [-0.4, -0.2) is 48.2 Å². The lowest BCUT2D eigenvalue weighted by molar-refractivity contribution is 0.0133. The molecule has 4 atom stereocenters. The molecule has 0 aromatic rings. The highest BCUT2D eigenvalue weighted by Crippen LogP contribution is 2.35. The highest BCUT2D eigenvalue weighted by atomic mass is 19.1. The van der Waals surface area contributed by atoms with Crippen molar-refractivity contribution in [2.24, 2.45) is 0 Å². The summed E-state index contributed by atoms with van der Waals surface area (Å²) in [4.78, 5) is 1.97. The van der Waals surface area contributed by atoms with Crippen LogP contribution in [0.3, 0.4) is 0 Å². The summed E-state index contributed by atoms with van der Waals surface area (Å²) in [5, 5.41) is 12.8. The summed E-state index contributed by atoms with van der Waals surface area (Å²) in [5.41, 5.74) is 0. The number of fused-ring (bicyclic) bond motifs is 2. The first-order chi connectivity index (χ1) is 7.15. The number of halogens is 1. The Kier molecular flexibility index (Phi) is 3.33. The molecule has 5 heteroatoms. The summed E-state index contributed by atoms with van der Waals surface area (Å²) < 4.78 is 14.1. The predicted octanol–water partition coefficient (Wildman–Crippen LogP) is 0.650. The van der Waals surface area contributed by atoms with Crippen LogP contribution in [0.15, 0.2) is 0 Å². The summed E-state index contributed by atoms with van der Waals surface area (Å²) in [5.74, 6) is 0. The molecule has 2 saturated heterocycles. The van der Waals surface area contributed by atoms with E-state index in [-0.39, 0.29) is 12.1 Å². The van der Waals surface area contributed by atoms with Crippen molar-refractivity contribution in [1.82, 2.24) is 10.1 Å². The molecule has 2 aliphatic heterocycles. The highest BCUT2D eigenvalue weighted by Gasteiger charge is 2.46. The van der Waals surface area contributed by atoms with Gasteiger partial charge in [0.2, 0.25) is 0 Å². The van der Waals surface area contributed by atoms with Crippen molar-refractivity contribution in [3.63, 3.8) is 0 Å². The van der Waals surface area contributed by atoms with Gasteiger partial charge in [-0.25, -0.2) is 4.39 Å². The van der Waals surface area contributed by atoms with Gasteiger partial charge in [0.05, 0.1) is 0 Å². The first kappa shape index (κ1) is 11.4. The normalized spacial score (nSPS) is 41.6. The van der Waals surface area contributed by atoms with Crippen LogP contribution < -0.4 is 5.32 Å². The van der Waals surface area contributed by atoms with Crippen LogP contribution in [0.2, 0.25) is 6.82 Å². The Morgan fingerprint density at radius 3 is 2.80 bits per heavy atom. The molecule has 0 aromatic heterocycles. The van der Waals surface area contributed by atoms with Crippen LogP contribution in [0.5, 0.6) is 0 Å². The van der Waals surface area contributed by atoms with Gasteiger partial charge in [0.25, 0.3) is 0 Å². The zero-order valence-electron chi connectivity index (χ0n) is 9.49. The standard InChI is InChI=1S/C10H20BFN2O/c1-11(15)14-7-4-3-5-9(14)10(12)8(6-7)13-2/h7-10,13,15H,3-6H2,1-2H3/t7?,8-,9?,10-/m0/s1. The minimum atomic E-state index is -0.846. The van der Waals surface area contributed by atoms with Crippen LogP contribution in [0, 0.1) is 0 Å². The van der Waals surface area contributed by atoms with Crippen LogP contribution in [-0.2, 0) is 0 Å². The van der Waals surface area contributed by atoms with Crippen molar-refractivity contribution >= 4 is 7.05 Å². The molecule has 0 aromatic carbocycles. The first-order valence-corrected chi connectivity index (χ1v) is 5.92. The second kappa shape index (κ2) is 4.40. The maximum atomic E-state index is 14.1. The number of piperidine rings is 2. The molecule has 2 unspecified atom stereocenters. The van der Waals surface area contributed by atoms with Gasteiger partial charge in [0.15, 0.2) is 0 Å². The Labute approximate surface area is 91.2 Å². The number of hydrogen-bond acceptors (Lipinski definition) is 3. The monoisotopic (exact) mass is 214 g/mol. The van der Waals surface area contributed by atoms with Crippen LogP contribution in [0.4, 0.5) is 4.39 Å². The van der Waals surface area contributed by atoms with Crippen LogP contribution in [0.25, 0.3) is 0 Å². The van der Waals surface area contributed by atoms with E-state index in [1.165, 1.54) is 0 Å². The van der Waals surface area contributed by atoms with Crippen molar-refractivity contribution in [2.45, 2.75) is 56.8 Å². The molecular formula is C10H20BFN2O. The van der Waals surface area contributed by atoms with Crippen molar-refractivity contribution in [3.8, 4) is 0 Å².